The third-order valence-electron chi connectivity index (χ3n) is 3.00. The lowest BCUT2D eigenvalue weighted by Crippen LogP contribution is -2.52. The molecule has 0 bridgehead atoms. The minimum absolute atomic E-state index is 0.0333. The molecule has 0 aliphatic heterocycles. The van der Waals surface area contributed by atoms with Gasteiger partial charge in [-0.15, -0.1) is 0 Å². The van der Waals surface area contributed by atoms with E-state index in [0.29, 0.717) is 11.1 Å². The molecule has 0 unspecified atom stereocenters. The van der Waals surface area contributed by atoms with E-state index in [1.54, 1.807) is 12.3 Å². The van der Waals surface area contributed by atoms with Crippen LogP contribution in [-0.2, 0) is 6.18 Å². The lowest BCUT2D eigenvalue weighted by Gasteiger charge is -2.11. The number of aromatic nitrogens is 2. The van der Waals surface area contributed by atoms with E-state index in [1.165, 1.54) is 0 Å². The summed E-state index contributed by atoms with van der Waals surface area (Å²) in [6.45, 7) is 3.76. The van der Waals surface area contributed by atoms with Crippen LogP contribution in [0, 0.1) is 6.92 Å². The van der Waals surface area contributed by atoms with Crippen molar-refractivity contribution in [1.82, 2.24) is 9.97 Å². The van der Waals surface area contributed by atoms with E-state index in [1.807, 2.05) is 19.9 Å². The number of alkyl halides is 3. The molecule has 2 heterocycles. The second kappa shape index (κ2) is 5.20. The number of hydrogen-bond donors (Lipinski definition) is 1. The van der Waals surface area contributed by atoms with E-state index < -0.39 is 11.9 Å². The zero-order valence-electron chi connectivity index (χ0n) is 11.2. The van der Waals surface area contributed by atoms with E-state index in [0.717, 1.165) is 23.5 Å². The molecule has 1 atom stereocenters. The average molecular weight is 282 g/mol. The first-order valence-corrected chi connectivity index (χ1v) is 6.12. The Balaban J connectivity index is 2.47. The van der Waals surface area contributed by atoms with Crippen LogP contribution >= 0.6 is 0 Å². The molecule has 0 spiro atoms. The Kier molecular flexibility index (Phi) is 3.76. The molecule has 0 aliphatic carbocycles. The molecule has 6 heteroatoms. The fraction of sp³-hybridized carbons (Fsp3) is 0.286. The molecule has 0 amide bonds. The number of halogens is 3. The Bertz CT molecular complexity index is 621. The summed E-state index contributed by atoms with van der Waals surface area (Å²) >= 11 is 0. The maximum Gasteiger partial charge on any atom is 0.433 e. The van der Waals surface area contributed by atoms with Crippen LogP contribution < -0.4 is 5.73 Å². The first-order chi connectivity index (χ1) is 9.29. The Morgan fingerprint density at radius 2 is 1.90 bits per heavy atom. The third kappa shape index (κ3) is 2.96. The average Bonchev–Trinajstić information content (AvgIpc) is 2.37. The molecule has 3 N–H and O–H groups in total. The summed E-state index contributed by atoms with van der Waals surface area (Å²) in [7, 11) is 0. The van der Waals surface area contributed by atoms with Gasteiger partial charge in [0.05, 0.1) is 5.69 Å². The van der Waals surface area contributed by atoms with Gasteiger partial charge in [0.25, 0.3) is 0 Å². The summed E-state index contributed by atoms with van der Waals surface area (Å²) in [5, 5.41) is 0. The van der Waals surface area contributed by atoms with Gasteiger partial charge in [-0.1, -0.05) is 0 Å². The molecule has 2 aromatic rings. The number of hydrogen-bond acceptors (Lipinski definition) is 2. The quantitative estimate of drug-likeness (QED) is 0.920. The summed E-state index contributed by atoms with van der Waals surface area (Å²) in [6, 6.07) is 4.47. The molecular weight excluding hydrogens is 267 g/mol. The van der Waals surface area contributed by atoms with Gasteiger partial charge in [-0.2, -0.15) is 13.2 Å². The van der Waals surface area contributed by atoms with Crippen molar-refractivity contribution in [3.05, 3.63) is 47.5 Å². The van der Waals surface area contributed by atoms with Crippen molar-refractivity contribution in [2.45, 2.75) is 26.1 Å². The smallest absolute Gasteiger partial charge is 0.350 e. The highest BCUT2D eigenvalue weighted by Gasteiger charge is 2.32. The number of aryl methyl sites for hydroxylation is 1. The second-order valence-corrected chi connectivity index (χ2v) is 4.75. The Labute approximate surface area is 114 Å². The topological polar surface area (TPSA) is 53.4 Å². The monoisotopic (exact) mass is 282 g/mol. The normalized spacial score (nSPS) is 13.3. The van der Waals surface area contributed by atoms with Gasteiger partial charge in [-0.25, -0.2) is 0 Å². The van der Waals surface area contributed by atoms with Crippen LogP contribution in [0.4, 0.5) is 13.2 Å². The van der Waals surface area contributed by atoms with Gasteiger partial charge in [0, 0.05) is 18.0 Å². The highest BCUT2D eigenvalue weighted by Crippen LogP contribution is 2.31. The molecule has 2 aromatic heterocycles. The van der Waals surface area contributed by atoms with Crippen molar-refractivity contribution in [2.75, 3.05) is 0 Å². The summed E-state index contributed by atoms with van der Waals surface area (Å²) < 4.78 is 38.0. The van der Waals surface area contributed by atoms with Crippen molar-refractivity contribution in [1.29, 1.82) is 0 Å². The number of quaternary nitrogens is 1. The van der Waals surface area contributed by atoms with E-state index in [4.69, 9.17) is 0 Å². The molecule has 0 saturated carbocycles. The molecule has 0 saturated heterocycles. The van der Waals surface area contributed by atoms with Crippen LogP contribution in [-0.4, -0.2) is 9.97 Å². The van der Waals surface area contributed by atoms with E-state index in [-0.39, 0.29) is 6.04 Å². The van der Waals surface area contributed by atoms with Crippen LogP contribution in [0.3, 0.4) is 0 Å². The summed E-state index contributed by atoms with van der Waals surface area (Å²) in [6.07, 6.45) is -1.70. The number of rotatable bonds is 2. The fourth-order valence-electron chi connectivity index (χ4n) is 1.90. The van der Waals surface area contributed by atoms with Crippen LogP contribution in [0.15, 0.2) is 30.6 Å². The molecule has 0 aliphatic rings. The van der Waals surface area contributed by atoms with Crippen molar-refractivity contribution in [2.24, 2.45) is 0 Å². The SMILES string of the molecule is Cc1cc([C@H](C)[NH3+])ncc1-c1ccnc(C(F)(F)F)c1. The van der Waals surface area contributed by atoms with Crippen LogP contribution in [0.1, 0.15) is 29.9 Å². The molecule has 0 radical (unpaired) electrons. The van der Waals surface area contributed by atoms with E-state index in [9.17, 15) is 13.2 Å². The van der Waals surface area contributed by atoms with Gasteiger partial charge < -0.3 is 5.73 Å². The fourth-order valence-corrected chi connectivity index (χ4v) is 1.90. The van der Waals surface area contributed by atoms with Crippen LogP contribution in [0.5, 0.6) is 0 Å². The van der Waals surface area contributed by atoms with Gasteiger partial charge in [-0.05, 0) is 43.2 Å². The molecule has 0 fully saturated rings. The predicted molar refractivity (Wildman–Crippen MR) is 68.5 cm³/mol. The highest BCUT2D eigenvalue weighted by molar-refractivity contribution is 5.66. The zero-order valence-corrected chi connectivity index (χ0v) is 11.2. The van der Waals surface area contributed by atoms with Gasteiger partial charge in [-0.3, -0.25) is 9.97 Å². The second-order valence-electron chi connectivity index (χ2n) is 4.75. The molecule has 106 valence electrons. The lowest BCUT2D eigenvalue weighted by molar-refractivity contribution is -0.421. The summed E-state index contributed by atoms with van der Waals surface area (Å²) in [5.74, 6) is 0. The summed E-state index contributed by atoms with van der Waals surface area (Å²) in [4.78, 5) is 7.60. The molecule has 0 aromatic carbocycles. The van der Waals surface area contributed by atoms with Gasteiger partial charge >= 0.3 is 6.18 Å². The maximum absolute atomic E-state index is 12.7. The van der Waals surface area contributed by atoms with Crippen LogP contribution in [0.25, 0.3) is 11.1 Å². The zero-order chi connectivity index (χ0) is 14.9. The Morgan fingerprint density at radius 3 is 2.45 bits per heavy atom. The van der Waals surface area contributed by atoms with Gasteiger partial charge in [0.1, 0.15) is 11.7 Å². The van der Waals surface area contributed by atoms with E-state index in [2.05, 4.69) is 15.7 Å². The Hall–Kier alpha value is -1.95. The van der Waals surface area contributed by atoms with Crippen molar-refractivity contribution in [3.63, 3.8) is 0 Å². The lowest BCUT2D eigenvalue weighted by atomic mass is 10.0. The van der Waals surface area contributed by atoms with Crippen molar-refractivity contribution in [3.8, 4) is 11.1 Å². The standard InChI is InChI=1S/C14H14F3N3/c1-8-5-12(9(2)18)20-7-11(8)10-3-4-19-13(6-10)14(15,16)17/h3-7,9H,18H2,1-2H3/p+1/t9-/m0/s1. The van der Waals surface area contributed by atoms with Gasteiger partial charge in [0.15, 0.2) is 0 Å². The molecule has 3 nitrogen and oxygen atoms in total. The first-order valence-electron chi connectivity index (χ1n) is 6.12. The van der Waals surface area contributed by atoms with Crippen LogP contribution in [0.2, 0.25) is 0 Å². The molecular formula is C14H15F3N3+. The minimum atomic E-state index is -4.45. The maximum atomic E-state index is 12.7. The molecule has 20 heavy (non-hydrogen) atoms. The molecule has 2 rings (SSSR count). The summed E-state index contributed by atoms with van der Waals surface area (Å²) in [5.41, 5.74) is 5.79. The first kappa shape index (κ1) is 14.5. The van der Waals surface area contributed by atoms with Gasteiger partial charge in [0.2, 0.25) is 0 Å². The minimum Gasteiger partial charge on any atom is -0.350 e. The van der Waals surface area contributed by atoms with Crippen molar-refractivity contribution >= 4 is 0 Å². The highest BCUT2D eigenvalue weighted by atomic mass is 19.4. The Morgan fingerprint density at radius 1 is 1.20 bits per heavy atom. The predicted octanol–water partition coefficient (Wildman–Crippen LogP) is 2.77. The number of pyridine rings is 2. The largest absolute Gasteiger partial charge is 0.433 e. The van der Waals surface area contributed by atoms with Crippen molar-refractivity contribution < 1.29 is 18.9 Å². The number of nitrogens with zero attached hydrogens (tertiary/aromatic N) is 2. The third-order valence-corrected chi connectivity index (χ3v) is 3.00. The van der Waals surface area contributed by atoms with E-state index >= 15 is 0 Å².